The maximum absolute atomic E-state index is 13.0. The van der Waals surface area contributed by atoms with E-state index in [1.165, 1.54) is 12.1 Å². The largest absolute Gasteiger partial charge is 0.457 e. The molecule has 6 heteroatoms. The van der Waals surface area contributed by atoms with E-state index in [0.29, 0.717) is 5.69 Å². The molecule has 0 aliphatic rings. The fourth-order valence-electron chi connectivity index (χ4n) is 1.62. The van der Waals surface area contributed by atoms with Crippen LogP contribution in [0.25, 0.3) is 0 Å². The van der Waals surface area contributed by atoms with Gasteiger partial charge in [0.1, 0.15) is 18.2 Å². The molecule has 0 saturated heterocycles. The van der Waals surface area contributed by atoms with E-state index >= 15 is 0 Å². The Morgan fingerprint density at radius 3 is 2.45 bits per heavy atom. The minimum Gasteiger partial charge on any atom is -0.457 e. The third-order valence-electron chi connectivity index (χ3n) is 2.50. The van der Waals surface area contributed by atoms with Gasteiger partial charge in [0.2, 0.25) is 0 Å². The first-order chi connectivity index (χ1) is 9.45. The zero-order chi connectivity index (χ0) is 14.7. The van der Waals surface area contributed by atoms with Crippen molar-refractivity contribution in [1.29, 1.82) is 0 Å². The topological polar surface area (TPSA) is 52.3 Å². The lowest BCUT2D eigenvalue weighted by Gasteiger charge is -2.07. The van der Waals surface area contributed by atoms with Crippen LogP contribution < -0.4 is 5.73 Å². The first kappa shape index (κ1) is 14.3. The predicted octanol–water partition coefficient (Wildman–Crippen LogP) is 3.56. The lowest BCUT2D eigenvalue weighted by Crippen LogP contribution is -2.07. The average Bonchev–Trinajstić information content (AvgIpc) is 2.38. The van der Waals surface area contributed by atoms with Gasteiger partial charge in [0.25, 0.3) is 0 Å². The Morgan fingerprint density at radius 2 is 1.80 bits per heavy atom. The number of halogens is 3. The van der Waals surface area contributed by atoms with Crippen molar-refractivity contribution < 1.29 is 18.3 Å². The van der Waals surface area contributed by atoms with Crippen molar-refractivity contribution in [3.8, 4) is 0 Å². The highest BCUT2D eigenvalue weighted by atomic mass is 35.5. The molecule has 2 N–H and O–H groups in total. The number of hydrogen-bond acceptors (Lipinski definition) is 3. The molecular weight excluding hydrogens is 288 g/mol. The van der Waals surface area contributed by atoms with Crippen LogP contribution in [0.2, 0.25) is 5.02 Å². The van der Waals surface area contributed by atoms with Crippen molar-refractivity contribution >= 4 is 23.3 Å². The van der Waals surface area contributed by atoms with E-state index in [1.54, 1.807) is 6.07 Å². The first-order valence-corrected chi connectivity index (χ1v) is 6.00. The summed E-state index contributed by atoms with van der Waals surface area (Å²) in [6, 6.07) is 7.28. The average molecular weight is 298 g/mol. The van der Waals surface area contributed by atoms with E-state index < -0.39 is 17.6 Å². The fourth-order valence-corrected chi connectivity index (χ4v) is 1.81. The Morgan fingerprint density at radius 1 is 1.15 bits per heavy atom. The molecule has 2 rings (SSSR count). The lowest BCUT2D eigenvalue weighted by molar-refractivity contribution is 0.0472. The van der Waals surface area contributed by atoms with Gasteiger partial charge >= 0.3 is 5.97 Å². The second kappa shape index (κ2) is 5.88. The van der Waals surface area contributed by atoms with Gasteiger partial charge in [-0.2, -0.15) is 0 Å². The maximum Gasteiger partial charge on any atom is 0.340 e. The minimum atomic E-state index is -0.738. The Hall–Kier alpha value is -2.14. The van der Waals surface area contributed by atoms with Gasteiger partial charge in [0.05, 0.1) is 10.6 Å². The SMILES string of the molecule is Nc1ccc(Cl)c(C(=O)OCc2cc(F)cc(F)c2)c1. The number of carbonyl (C=O) groups excluding carboxylic acids is 1. The molecule has 0 heterocycles. The van der Waals surface area contributed by atoms with E-state index in [0.717, 1.165) is 18.2 Å². The van der Waals surface area contributed by atoms with Crippen LogP contribution in [0.15, 0.2) is 36.4 Å². The standard InChI is InChI=1S/C14H10ClF2NO2/c15-13-2-1-11(18)6-12(13)14(19)20-7-8-3-9(16)5-10(17)4-8/h1-6H,7,18H2. The van der Waals surface area contributed by atoms with Crippen molar-refractivity contribution in [1.82, 2.24) is 0 Å². The van der Waals surface area contributed by atoms with Crippen LogP contribution in [-0.2, 0) is 11.3 Å². The smallest absolute Gasteiger partial charge is 0.340 e. The Kier molecular flexibility index (Phi) is 4.20. The summed E-state index contributed by atoms with van der Waals surface area (Å²) in [5.41, 5.74) is 6.21. The van der Waals surface area contributed by atoms with Crippen LogP contribution >= 0.6 is 11.6 Å². The summed E-state index contributed by atoms with van der Waals surface area (Å²) in [5, 5.41) is 0.189. The van der Waals surface area contributed by atoms with Crippen LogP contribution in [-0.4, -0.2) is 5.97 Å². The fraction of sp³-hybridized carbons (Fsp3) is 0.0714. The summed E-state index contributed by atoms with van der Waals surface area (Å²) < 4.78 is 30.9. The summed E-state index contributed by atoms with van der Waals surface area (Å²) in [4.78, 5) is 11.8. The van der Waals surface area contributed by atoms with Crippen molar-refractivity contribution in [2.45, 2.75) is 6.61 Å². The summed E-state index contributed by atoms with van der Waals surface area (Å²) >= 11 is 5.85. The number of nitrogen functional groups attached to an aromatic ring is 1. The number of esters is 1. The zero-order valence-electron chi connectivity index (χ0n) is 10.2. The molecule has 0 aliphatic heterocycles. The molecule has 20 heavy (non-hydrogen) atoms. The van der Waals surface area contributed by atoms with Crippen molar-refractivity contribution in [2.24, 2.45) is 0 Å². The van der Waals surface area contributed by atoms with Gasteiger partial charge < -0.3 is 10.5 Å². The van der Waals surface area contributed by atoms with Crippen LogP contribution in [0.5, 0.6) is 0 Å². The van der Waals surface area contributed by atoms with Crippen LogP contribution in [0.3, 0.4) is 0 Å². The summed E-state index contributed by atoms with van der Waals surface area (Å²) in [7, 11) is 0. The number of carbonyl (C=O) groups is 1. The monoisotopic (exact) mass is 297 g/mol. The molecule has 0 fully saturated rings. The van der Waals surface area contributed by atoms with Gasteiger partial charge in [-0.1, -0.05) is 11.6 Å². The van der Waals surface area contributed by atoms with E-state index in [9.17, 15) is 13.6 Å². The van der Waals surface area contributed by atoms with Crippen molar-refractivity contribution in [3.05, 3.63) is 64.2 Å². The second-order valence-electron chi connectivity index (χ2n) is 4.09. The van der Waals surface area contributed by atoms with Crippen LogP contribution in [0, 0.1) is 11.6 Å². The molecule has 0 atom stereocenters. The van der Waals surface area contributed by atoms with Gasteiger partial charge in [0.15, 0.2) is 0 Å². The van der Waals surface area contributed by atoms with Gasteiger partial charge in [-0.3, -0.25) is 0 Å². The highest BCUT2D eigenvalue weighted by molar-refractivity contribution is 6.33. The molecule has 0 aromatic heterocycles. The van der Waals surface area contributed by atoms with Gasteiger partial charge in [-0.25, -0.2) is 13.6 Å². The predicted molar refractivity (Wildman–Crippen MR) is 71.3 cm³/mol. The maximum atomic E-state index is 13.0. The van der Waals surface area contributed by atoms with Gasteiger partial charge in [0, 0.05) is 11.8 Å². The van der Waals surface area contributed by atoms with E-state index in [2.05, 4.69) is 0 Å². The molecular formula is C14H10ClF2NO2. The Balaban J connectivity index is 2.10. The lowest BCUT2D eigenvalue weighted by atomic mass is 10.2. The minimum absolute atomic E-state index is 0.101. The molecule has 3 nitrogen and oxygen atoms in total. The quantitative estimate of drug-likeness (QED) is 0.696. The van der Waals surface area contributed by atoms with Crippen molar-refractivity contribution in [3.63, 3.8) is 0 Å². The van der Waals surface area contributed by atoms with E-state index in [1.807, 2.05) is 0 Å². The third kappa shape index (κ3) is 3.45. The number of benzene rings is 2. The van der Waals surface area contributed by atoms with Crippen LogP contribution in [0.1, 0.15) is 15.9 Å². The molecule has 0 saturated carbocycles. The molecule has 0 unspecified atom stereocenters. The first-order valence-electron chi connectivity index (χ1n) is 5.63. The number of anilines is 1. The van der Waals surface area contributed by atoms with E-state index in [4.69, 9.17) is 22.1 Å². The highest BCUT2D eigenvalue weighted by Gasteiger charge is 2.13. The molecule has 0 aliphatic carbocycles. The number of ether oxygens (including phenoxy) is 1. The van der Waals surface area contributed by atoms with Gasteiger partial charge in [-0.15, -0.1) is 0 Å². The highest BCUT2D eigenvalue weighted by Crippen LogP contribution is 2.20. The normalized spacial score (nSPS) is 10.3. The number of hydrogen-bond donors (Lipinski definition) is 1. The molecule has 0 bridgehead atoms. The number of nitrogens with two attached hydrogens (primary N) is 1. The molecule has 104 valence electrons. The molecule has 0 amide bonds. The zero-order valence-corrected chi connectivity index (χ0v) is 11.0. The second-order valence-corrected chi connectivity index (χ2v) is 4.50. The summed E-state index contributed by atoms with van der Waals surface area (Å²) in [6.07, 6.45) is 0. The third-order valence-corrected chi connectivity index (χ3v) is 2.83. The van der Waals surface area contributed by atoms with Gasteiger partial charge in [-0.05, 0) is 35.9 Å². The Bertz CT molecular complexity index is 641. The number of rotatable bonds is 3. The van der Waals surface area contributed by atoms with Crippen LogP contribution in [0.4, 0.5) is 14.5 Å². The Labute approximate surface area is 118 Å². The molecule has 2 aromatic carbocycles. The molecule has 2 aromatic rings. The molecule has 0 spiro atoms. The summed E-state index contributed by atoms with van der Waals surface area (Å²) in [5.74, 6) is -2.19. The molecule has 0 radical (unpaired) electrons. The van der Waals surface area contributed by atoms with Crippen molar-refractivity contribution in [2.75, 3.05) is 5.73 Å². The summed E-state index contributed by atoms with van der Waals surface area (Å²) in [6.45, 7) is -0.265. The van der Waals surface area contributed by atoms with E-state index in [-0.39, 0.29) is 22.8 Å².